The van der Waals surface area contributed by atoms with Crippen LogP contribution in [0.4, 0.5) is 0 Å². The molecule has 1 atom stereocenters. The molecule has 7 heteroatoms. The fourth-order valence-corrected chi connectivity index (χ4v) is 2.91. The topological polar surface area (TPSA) is 89.0 Å². The summed E-state index contributed by atoms with van der Waals surface area (Å²) < 4.78 is 11.4. The zero-order chi connectivity index (χ0) is 23.3. The molecule has 2 rings (SSSR count). The number of nitrogens with one attached hydrogen (secondary N) is 2. The van der Waals surface area contributed by atoms with Gasteiger partial charge in [-0.1, -0.05) is 45.4 Å². The van der Waals surface area contributed by atoms with Gasteiger partial charge in [-0.15, -0.1) is 0 Å². The van der Waals surface area contributed by atoms with Crippen LogP contribution in [-0.2, 0) is 4.79 Å². The quantitative estimate of drug-likeness (QED) is 0.295. The van der Waals surface area contributed by atoms with Crippen LogP contribution < -0.4 is 20.2 Å². The molecule has 0 saturated carbocycles. The van der Waals surface area contributed by atoms with Crippen molar-refractivity contribution in [1.82, 2.24) is 10.7 Å². The van der Waals surface area contributed by atoms with E-state index in [0.717, 1.165) is 18.4 Å². The zero-order valence-electron chi connectivity index (χ0n) is 19.3. The van der Waals surface area contributed by atoms with Gasteiger partial charge >= 0.3 is 0 Å². The minimum absolute atomic E-state index is 0.109. The SMILES string of the molecule is CCCCOc1ccc(C=NNC(=O)C(NC(=O)c2ccccc2)C(C)C)cc1OCC. The monoisotopic (exact) mass is 439 g/mol. The highest BCUT2D eigenvalue weighted by molar-refractivity contribution is 5.97. The average Bonchev–Trinajstić information content (AvgIpc) is 2.79. The predicted molar refractivity (Wildman–Crippen MR) is 126 cm³/mol. The van der Waals surface area contributed by atoms with Crippen molar-refractivity contribution >= 4 is 18.0 Å². The molecule has 0 bridgehead atoms. The van der Waals surface area contributed by atoms with E-state index in [0.29, 0.717) is 30.3 Å². The number of unbranched alkanes of at least 4 members (excludes halogenated alkanes) is 1. The van der Waals surface area contributed by atoms with E-state index in [9.17, 15) is 9.59 Å². The number of amides is 2. The molecule has 0 heterocycles. The van der Waals surface area contributed by atoms with Gasteiger partial charge in [0.15, 0.2) is 11.5 Å². The van der Waals surface area contributed by atoms with Crippen LogP contribution in [0.25, 0.3) is 0 Å². The van der Waals surface area contributed by atoms with Crippen LogP contribution in [0.1, 0.15) is 56.5 Å². The molecule has 2 aromatic carbocycles. The van der Waals surface area contributed by atoms with Crippen molar-refractivity contribution in [1.29, 1.82) is 0 Å². The Labute approximate surface area is 190 Å². The highest BCUT2D eigenvalue weighted by atomic mass is 16.5. The van der Waals surface area contributed by atoms with Crippen LogP contribution in [0.5, 0.6) is 11.5 Å². The molecule has 172 valence electrons. The van der Waals surface area contributed by atoms with E-state index >= 15 is 0 Å². The Morgan fingerprint density at radius 2 is 1.78 bits per heavy atom. The number of carbonyl (C=O) groups is 2. The number of carbonyl (C=O) groups excluding carboxylic acids is 2. The van der Waals surface area contributed by atoms with Gasteiger partial charge in [0.2, 0.25) is 0 Å². The number of ether oxygens (including phenoxy) is 2. The van der Waals surface area contributed by atoms with Crippen LogP contribution in [-0.4, -0.2) is 37.3 Å². The molecule has 7 nitrogen and oxygen atoms in total. The lowest BCUT2D eigenvalue weighted by Crippen LogP contribution is -2.48. The molecule has 2 N–H and O–H groups in total. The number of benzene rings is 2. The van der Waals surface area contributed by atoms with Crippen LogP contribution in [0.15, 0.2) is 53.6 Å². The lowest BCUT2D eigenvalue weighted by atomic mass is 10.0. The molecular weight excluding hydrogens is 406 g/mol. The number of hydrazone groups is 1. The van der Waals surface area contributed by atoms with E-state index in [-0.39, 0.29) is 17.7 Å². The molecular formula is C25H33N3O4. The van der Waals surface area contributed by atoms with Crippen molar-refractivity contribution < 1.29 is 19.1 Å². The van der Waals surface area contributed by atoms with Gasteiger partial charge in [0, 0.05) is 5.56 Å². The lowest BCUT2D eigenvalue weighted by molar-refractivity contribution is -0.123. The van der Waals surface area contributed by atoms with Crippen molar-refractivity contribution in [2.24, 2.45) is 11.0 Å². The Morgan fingerprint density at radius 3 is 2.44 bits per heavy atom. The van der Waals surface area contributed by atoms with Gasteiger partial charge in [0.05, 0.1) is 19.4 Å². The predicted octanol–water partition coefficient (Wildman–Crippen LogP) is 4.17. The molecule has 2 aromatic rings. The molecule has 0 aromatic heterocycles. The summed E-state index contributed by atoms with van der Waals surface area (Å²) in [4.78, 5) is 25.1. The normalized spacial score (nSPS) is 11.9. The van der Waals surface area contributed by atoms with Crippen molar-refractivity contribution in [2.45, 2.75) is 46.6 Å². The molecule has 0 fully saturated rings. The fraction of sp³-hybridized carbons (Fsp3) is 0.400. The minimum atomic E-state index is -0.715. The van der Waals surface area contributed by atoms with Crippen molar-refractivity contribution in [2.75, 3.05) is 13.2 Å². The molecule has 1 unspecified atom stereocenters. The highest BCUT2D eigenvalue weighted by Gasteiger charge is 2.24. The van der Waals surface area contributed by atoms with Crippen molar-refractivity contribution in [3.63, 3.8) is 0 Å². The van der Waals surface area contributed by atoms with Crippen molar-refractivity contribution in [3.05, 3.63) is 59.7 Å². The maximum Gasteiger partial charge on any atom is 0.262 e. The Bertz CT molecular complexity index is 897. The summed E-state index contributed by atoms with van der Waals surface area (Å²) in [5.41, 5.74) is 3.78. The van der Waals surface area contributed by atoms with Gasteiger partial charge in [-0.2, -0.15) is 5.10 Å². The summed E-state index contributed by atoms with van der Waals surface area (Å²) in [5, 5.41) is 6.84. The van der Waals surface area contributed by atoms with Gasteiger partial charge < -0.3 is 14.8 Å². The first-order valence-electron chi connectivity index (χ1n) is 11.0. The van der Waals surface area contributed by atoms with E-state index in [1.165, 1.54) is 6.21 Å². The third-order valence-corrected chi connectivity index (χ3v) is 4.68. The maximum absolute atomic E-state index is 12.6. The maximum atomic E-state index is 12.6. The molecule has 32 heavy (non-hydrogen) atoms. The average molecular weight is 440 g/mol. The van der Waals surface area contributed by atoms with Crippen LogP contribution in [0, 0.1) is 5.92 Å². The van der Waals surface area contributed by atoms with Gasteiger partial charge in [0.25, 0.3) is 11.8 Å². The minimum Gasteiger partial charge on any atom is -0.490 e. The molecule has 2 amide bonds. The van der Waals surface area contributed by atoms with E-state index in [4.69, 9.17) is 9.47 Å². The number of rotatable bonds is 12. The highest BCUT2D eigenvalue weighted by Crippen LogP contribution is 2.28. The first kappa shape index (κ1) is 24.9. The molecule has 0 aliphatic rings. The van der Waals surface area contributed by atoms with Crippen LogP contribution in [0.2, 0.25) is 0 Å². The fourth-order valence-electron chi connectivity index (χ4n) is 2.91. The summed E-state index contributed by atoms with van der Waals surface area (Å²) in [7, 11) is 0. The molecule has 0 aliphatic carbocycles. The zero-order valence-corrected chi connectivity index (χ0v) is 19.3. The van der Waals surface area contributed by atoms with Gasteiger partial charge in [-0.05, 0) is 55.2 Å². The smallest absolute Gasteiger partial charge is 0.262 e. The van der Waals surface area contributed by atoms with Gasteiger partial charge in [0.1, 0.15) is 6.04 Å². The van der Waals surface area contributed by atoms with E-state index in [2.05, 4.69) is 22.8 Å². The van der Waals surface area contributed by atoms with E-state index in [1.54, 1.807) is 24.3 Å². The Morgan fingerprint density at radius 1 is 1.03 bits per heavy atom. The van der Waals surface area contributed by atoms with Crippen LogP contribution >= 0.6 is 0 Å². The first-order valence-corrected chi connectivity index (χ1v) is 11.0. The number of nitrogens with zero attached hydrogens (tertiary/aromatic N) is 1. The molecule has 0 saturated heterocycles. The Kier molecular flexibility index (Phi) is 10.2. The summed E-state index contributed by atoms with van der Waals surface area (Å²) >= 11 is 0. The Hall–Kier alpha value is -3.35. The molecule has 0 radical (unpaired) electrons. The second-order valence-electron chi connectivity index (χ2n) is 7.64. The largest absolute Gasteiger partial charge is 0.490 e. The second kappa shape index (κ2) is 13.1. The van der Waals surface area contributed by atoms with Gasteiger partial charge in [-0.25, -0.2) is 5.43 Å². The molecule has 0 spiro atoms. The van der Waals surface area contributed by atoms with E-state index < -0.39 is 6.04 Å². The third-order valence-electron chi connectivity index (χ3n) is 4.68. The van der Waals surface area contributed by atoms with Crippen LogP contribution in [0.3, 0.4) is 0 Å². The summed E-state index contributed by atoms with van der Waals surface area (Å²) in [6.07, 6.45) is 3.56. The summed E-state index contributed by atoms with van der Waals surface area (Å²) in [6, 6.07) is 13.6. The van der Waals surface area contributed by atoms with Crippen molar-refractivity contribution in [3.8, 4) is 11.5 Å². The van der Waals surface area contributed by atoms with Gasteiger partial charge in [-0.3, -0.25) is 9.59 Å². The standard InChI is InChI=1S/C25H33N3O4/c1-5-7-15-32-21-14-13-19(16-22(21)31-6-2)17-26-28-25(30)23(18(3)4)27-24(29)20-11-9-8-10-12-20/h8-14,16-18,23H,5-7,15H2,1-4H3,(H,27,29)(H,28,30). The molecule has 0 aliphatic heterocycles. The Balaban J connectivity index is 2.01. The van der Waals surface area contributed by atoms with E-state index in [1.807, 2.05) is 45.0 Å². The third kappa shape index (κ3) is 7.72. The summed E-state index contributed by atoms with van der Waals surface area (Å²) in [6.45, 7) is 8.89. The number of hydrogen-bond donors (Lipinski definition) is 2. The lowest BCUT2D eigenvalue weighted by Gasteiger charge is -2.20. The summed E-state index contributed by atoms with van der Waals surface area (Å²) in [5.74, 6) is 0.523. The first-order chi connectivity index (χ1) is 15.5. The number of hydrogen-bond acceptors (Lipinski definition) is 5. The second-order valence-corrected chi connectivity index (χ2v) is 7.64.